The molecule has 0 radical (unpaired) electrons. The van der Waals surface area contributed by atoms with Crippen LogP contribution in [0.5, 0.6) is 5.75 Å². The van der Waals surface area contributed by atoms with Gasteiger partial charge in [0.15, 0.2) is 0 Å². The Labute approximate surface area is 149 Å². The summed E-state index contributed by atoms with van der Waals surface area (Å²) >= 11 is 0. The van der Waals surface area contributed by atoms with Crippen molar-refractivity contribution in [2.24, 2.45) is 0 Å². The normalized spacial score (nSPS) is 10.6. The van der Waals surface area contributed by atoms with Crippen molar-refractivity contribution in [2.45, 2.75) is 0 Å². The molecular formula is C21H25N3O. The highest BCUT2D eigenvalue weighted by molar-refractivity contribution is 5.93. The molecule has 4 nitrogen and oxygen atoms in total. The first-order valence-electron chi connectivity index (χ1n) is 8.67. The quantitative estimate of drug-likeness (QED) is 0.518. The first-order valence-corrected chi connectivity index (χ1v) is 8.67. The van der Waals surface area contributed by atoms with Crippen LogP contribution in [0, 0.1) is 0 Å². The summed E-state index contributed by atoms with van der Waals surface area (Å²) in [6.45, 7) is 3.63. The number of fused-ring (bicyclic) bond motifs is 1. The summed E-state index contributed by atoms with van der Waals surface area (Å²) in [6, 6.07) is 22.8. The Balaban J connectivity index is 1.34. The third kappa shape index (κ3) is 4.88. The van der Waals surface area contributed by atoms with Crippen LogP contribution in [0.25, 0.3) is 10.8 Å². The maximum absolute atomic E-state index is 5.16. The van der Waals surface area contributed by atoms with Crippen LogP contribution < -0.4 is 20.7 Å². The van der Waals surface area contributed by atoms with Crippen LogP contribution in [-0.4, -0.2) is 33.3 Å². The van der Waals surface area contributed by atoms with E-state index in [9.17, 15) is 0 Å². The molecule has 3 N–H and O–H groups in total. The van der Waals surface area contributed by atoms with Gasteiger partial charge in [-0.1, -0.05) is 36.4 Å². The fraction of sp³-hybridized carbons (Fsp3) is 0.238. The summed E-state index contributed by atoms with van der Waals surface area (Å²) in [5.74, 6) is 0.878. The Morgan fingerprint density at radius 2 is 1.44 bits per heavy atom. The molecule has 3 aromatic carbocycles. The molecule has 0 unspecified atom stereocenters. The second-order valence-electron chi connectivity index (χ2n) is 5.86. The number of benzene rings is 3. The lowest BCUT2D eigenvalue weighted by Gasteiger charge is -2.11. The number of ether oxygens (including phenoxy) is 1. The first-order chi connectivity index (χ1) is 12.4. The molecule has 0 heterocycles. The number of hydrogen-bond acceptors (Lipinski definition) is 4. The third-order valence-corrected chi connectivity index (χ3v) is 4.13. The highest BCUT2D eigenvalue weighted by Crippen LogP contribution is 2.22. The fourth-order valence-electron chi connectivity index (χ4n) is 2.79. The maximum atomic E-state index is 5.16. The summed E-state index contributed by atoms with van der Waals surface area (Å²) in [4.78, 5) is 0. The summed E-state index contributed by atoms with van der Waals surface area (Å²) in [5, 5.41) is 12.9. The molecule has 4 heteroatoms. The zero-order chi connectivity index (χ0) is 17.3. The van der Waals surface area contributed by atoms with Crippen LogP contribution in [0.2, 0.25) is 0 Å². The molecule has 0 saturated carbocycles. The van der Waals surface area contributed by atoms with Crippen molar-refractivity contribution in [2.75, 3.05) is 43.9 Å². The van der Waals surface area contributed by atoms with Crippen LogP contribution in [0.3, 0.4) is 0 Å². The van der Waals surface area contributed by atoms with Gasteiger partial charge in [0, 0.05) is 42.9 Å². The average Bonchev–Trinajstić information content (AvgIpc) is 2.68. The van der Waals surface area contributed by atoms with Gasteiger partial charge in [-0.25, -0.2) is 0 Å². The largest absolute Gasteiger partial charge is 0.497 e. The summed E-state index contributed by atoms with van der Waals surface area (Å²) in [5.41, 5.74) is 2.30. The molecule has 3 aromatic rings. The maximum Gasteiger partial charge on any atom is 0.119 e. The van der Waals surface area contributed by atoms with Crippen molar-refractivity contribution in [3.8, 4) is 5.75 Å². The van der Waals surface area contributed by atoms with Gasteiger partial charge in [0.25, 0.3) is 0 Å². The predicted molar refractivity (Wildman–Crippen MR) is 107 cm³/mol. The Morgan fingerprint density at radius 3 is 2.24 bits per heavy atom. The zero-order valence-corrected chi connectivity index (χ0v) is 14.6. The van der Waals surface area contributed by atoms with Crippen LogP contribution in [0.1, 0.15) is 0 Å². The number of nitrogens with one attached hydrogen (secondary N) is 3. The minimum absolute atomic E-state index is 0.878. The monoisotopic (exact) mass is 335 g/mol. The Kier molecular flexibility index (Phi) is 6.12. The van der Waals surface area contributed by atoms with Crippen molar-refractivity contribution in [3.63, 3.8) is 0 Å². The molecular weight excluding hydrogens is 310 g/mol. The second-order valence-corrected chi connectivity index (χ2v) is 5.86. The minimum Gasteiger partial charge on any atom is -0.497 e. The average molecular weight is 335 g/mol. The highest BCUT2D eigenvalue weighted by atomic mass is 16.5. The molecule has 0 amide bonds. The van der Waals surface area contributed by atoms with E-state index in [1.807, 2.05) is 24.3 Å². The van der Waals surface area contributed by atoms with Crippen LogP contribution >= 0.6 is 0 Å². The Hall–Kier alpha value is -2.72. The second kappa shape index (κ2) is 8.94. The van der Waals surface area contributed by atoms with E-state index < -0.39 is 0 Å². The van der Waals surface area contributed by atoms with Crippen molar-refractivity contribution in [3.05, 3.63) is 66.7 Å². The van der Waals surface area contributed by atoms with Crippen LogP contribution in [-0.2, 0) is 0 Å². The van der Waals surface area contributed by atoms with Crippen LogP contribution in [0.4, 0.5) is 11.4 Å². The SMILES string of the molecule is COc1ccc(NCCNCCNc2cccc3ccccc23)cc1. The number of rotatable bonds is 9. The van der Waals surface area contributed by atoms with Gasteiger partial charge in [0.2, 0.25) is 0 Å². The smallest absolute Gasteiger partial charge is 0.119 e. The van der Waals surface area contributed by atoms with E-state index in [4.69, 9.17) is 4.74 Å². The lowest BCUT2D eigenvalue weighted by Crippen LogP contribution is -2.27. The molecule has 0 saturated heterocycles. The van der Waals surface area contributed by atoms with Crippen molar-refractivity contribution < 1.29 is 4.74 Å². The lowest BCUT2D eigenvalue weighted by atomic mass is 10.1. The molecule has 0 aliphatic heterocycles. The number of anilines is 2. The molecule has 130 valence electrons. The third-order valence-electron chi connectivity index (χ3n) is 4.13. The van der Waals surface area contributed by atoms with Gasteiger partial charge >= 0.3 is 0 Å². The summed E-state index contributed by atoms with van der Waals surface area (Å²) in [7, 11) is 1.68. The van der Waals surface area contributed by atoms with E-state index >= 15 is 0 Å². The first kappa shape index (κ1) is 17.1. The van der Waals surface area contributed by atoms with Gasteiger partial charge in [-0.2, -0.15) is 0 Å². The van der Waals surface area contributed by atoms with Crippen molar-refractivity contribution >= 4 is 22.1 Å². The van der Waals surface area contributed by atoms with Gasteiger partial charge in [-0.3, -0.25) is 0 Å². The van der Waals surface area contributed by atoms with E-state index in [-0.39, 0.29) is 0 Å². The Morgan fingerprint density at radius 1 is 0.720 bits per heavy atom. The van der Waals surface area contributed by atoms with Gasteiger partial charge in [0.1, 0.15) is 5.75 Å². The van der Waals surface area contributed by atoms with E-state index in [1.54, 1.807) is 7.11 Å². The molecule has 0 spiro atoms. The summed E-state index contributed by atoms with van der Waals surface area (Å²) in [6.07, 6.45) is 0. The predicted octanol–water partition coefficient (Wildman–Crippen LogP) is 3.96. The van der Waals surface area contributed by atoms with Gasteiger partial charge < -0.3 is 20.7 Å². The standard InChI is InChI=1S/C21H25N3O/c1-25-19-11-9-18(10-12-19)23-15-13-22-14-16-24-21-8-4-6-17-5-2-3-7-20(17)21/h2-12,22-24H,13-16H2,1H3. The molecule has 0 bridgehead atoms. The van der Waals surface area contributed by atoms with Crippen molar-refractivity contribution in [1.82, 2.24) is 5.32 Å². The molecule has 0 atom stereocenters. The van der Waals surface area contributed by atoms with E-state index in [2.05, 4.69) is 58.4 Å². The highest BCUT2D eigenvalue weighted by Gasteiger charge is 1.99. The van der Waals surface area contributed by atoms with E-state index in [1.165, 1.54) is 16.5 Å². The minimum atomic E-state index is 0.878. The van der Waals surface area contributed by atoms with Gasteiger partial charge in [-0.05, 0) is 35.7 Å². The lowest BCUT2D eigenvalue weighted by molar-refractivity contribution is 0.415. The summed E-state index contributed by atoms with van der Waals surface area (Å²) < 4.78 is 5.16. The molecule has 0 fully saturated rings. The molecule has 0 aromatic heterocycles. The van der Waals surface area contributed by atoms with Crippen molar-refractivity contribution in [1.29, 1.82) is 0 Å². The topological polar surface area (TPSA) is 45.3 Å². The molecule has 3 rings (SSSR count). The van der Waals surface area contributed by atoms with E-state index in [0.717, 1.165) is 37.6 Å². The fourth-order valence-corrected chi connectivity index (χ4v) is 2.79. The molecule has 0 aliphatic carbocycles. The Bertz CT molecular complexity index is 781. The number of hydrogen-bond donors (Lipinski definition) is 3. The molecule has 25 heavy (non-hydrogen) atoms. The van der Waals surface area contributed by atoms with Gasteiger partial charge in [-0.15, -0.1) is 0 Å². The van der Waals surface area contributed by atoms with E-state index in [0.29, 0.717) is 0 Å². The molecule has 0 aliphatic rings. The van der Waals surface area contributed by atoms with Gasteiger partial charge in [0.05, 0.1) is 7.11 Å². The number of methoxy groups -OCH3 is 1. The van der Waals surface area contributed by atoms with Crippen LogP contribution in [0.15, 0.2) is 66.7 Å². The zero-order valence-electron chi connectivity index (χ0n) is 14.6.